The van der Waals surface area contributed by atoms with Gasteiger partial charge in [0.15, 0.2) is 17.3 Å². The fourth-order valence-corrected chi connectivity index (χ4v) is 2.83. The van der Waals surface area contributed by atoms with Gasteiger partial charge in [0.25, 0.3) is 0 Å². The first kappa shape index (κ1) is 18.5. The Hall–Kier alpha value is -3.27. The van der Waals surface area contributed by atoms with Crippen LogP contribution in [0, 0.1) is 0 Å². The maximum absolute atomic E-state index is 12.5. The van der Waals surface area contributed by atoms with Gasteiger partial charge >= 0.3 is 0 Å². The minimum atomic E-state index is -0.0550. The zero-order valence-electron chi connectivity index (χ0n) is 15.7. The van der Waals surface area contributed by atoms with Gasteiger partial charge in [-0.05, 0) is 59.7 Å². The van der Waals surface area contributed by atoms with Gasteiger partial charge in [0.05, 0.1) is 20.8 Å². The average Bonchev–Trinajstić information content (AvgIpc) is 2.72. The van der Waals surface area contributed by atoms with E-state index in [1.807, 2.05) is 61.5 Å². The van der Waals surface area contributed by atoms with Gasteiger partial charge in [0.1, 0.15) is 5.75 Å². The molecule has 4 heteroatoms. The lowest BCUT2D eigenvalue weighted by atomic mass is 10.0. The van der Waals surface area contributed by atoms with Gasteiger partial charge in [-0.1, -0.05) is 30.3 Å². The summed E-state index contributed by atoms with van der Waals surface area (Å²) < 4.78 is 16.1. The molecule has 0 spiro atoms. The molecule has 3 rings (SSSR count). The molecule has 0 aromatic heterocycles. The van der Waals surface area contributed by atoms with Gasteiger partial charge in [-0.2, -0.15) is 0 Å². The highest BCUT2D eigenvalue weighted by atomic mass is 16.5. The standard InChI is InChI=1S/C23H22O4/c1-4-27-22-12-6-16(13-23(22)26-3)5-11-21(24)19-8-7-18-15-20(25-2)10-9-17(18)14-19/h5-15H,4H2,1-3H3/b11-5+. The maximum Gasteiger partial charge on any atom is 0.185 e. The van der Waals surface area contributed by atoms with E-state index in [9.17, 15) is 4.79 Å². The van der Waals surface area contributed by atoms with Crippen molar-refractivity contribution >= 4 is 22.6 Å². The van der Waals surface area contributed by atoms with Crippen molar-refractivity contribution in [1.29, 1.82) is 0 Å². The number of hydrogen-bond acceptors (Lipinski definition) is 4. The molecule has 0 radical (unpaired) electrons. The molecule has 3 aromatic rings. The van der Waals surface area contributed by atoms with Gasteiger partial charge < -0.3 is 14.2 Å². The number of methoxy groups -OCH3 is 2. The highest BCUT2D eigenvalue weighted by molar-refractivity contribution is 6.08. The summed E-state index contributed by atoms with van der Waals surface area (Å²) in [5.41, 5.74) is 1.51. The molecule has 0 heterocycles. The predicted molar refractivity (Wildman–Crippen MR) is 108 cm³/mol. The molecule has 0 saturated heterocycles. The Labute approximate surface area is 159 Å². The summed E-state index contributed by atoms with van der Waals surface area (Å²) in [6.45, 7) is 2.49. The van der Waals surface area contributed by atoms with Gasteiger partial charge in [-0.3, -0.25) is 4.79 Å². The third kappa shape index (κ3) is 4.29. The lowest BCUT2D eigenvalue weighted by Gasteiger charge is -2.09. The van der Waals surface area contributed by atoms with Crippen LogP contribution in [-0.4, -0.2) is 26.6 Å². The molecule has 3 aromatic carbocycles. The number of benzene rings is 3. The third-order valence-electron chi connectivity index (χ3n) is 4.25. The van der Waals surface area contributed by atoms with E-state index in [1.165, 1.54) is 0 Å². The monoisotopic (exact) mass is 362 g/mol. The molecule has 0 aliphatic rings. The van der Waals surface area contributed by atoms with E-state index in [0.717, 1.165) is 22.1 Å². The van der Waals surface area contributed by atoms with Gasteiger partial charge in [-0.15, -0.1) is 0 Å². The van der Waals surface area contributed by atoms with E-state index in [-0.39, 0.29) is 5.78 Å². The summed E-state index contributed by atoms with van der Waals surface area (Å²) >= 11 is 0. The second-order valence-electron chi connectivity index (χ2n) is 5.97. The van der Waals surface area contributed by atoms with Crippen LogP contribution in [0.15, 0.2) is 60.7 Å². The highest BCUT2D eigenvalue weighted by Crippen LogP contribution is 2.28. The van der Waals surface area contributed by atoms with Crippen molar-refractivity contribution in [2.45, 2.75) is 6.92 Å². The predicted octanol–water partition coefficient (Wildman–Crippen LogP) is 5.15. The largest absolute Gasteiger partial charge is 0.497 e. The number of ketones is 1. The van der Waals surface area contributed by atoms with Crippen LogP contribution >= 0.6 is 0 Å². The smallest absolute Gasteiger partial charge is 0.185 e. The lowest BCUT2D eigenvalue weighted by molar-refractivity contribution is 0.104. The van der Waals surface area contributed by atoms with Crippen LogP contribution in [0.5, 0.6) is 17.2 Å². The fraction of sp³-hybridized carbons (Fsp3) is 0.174. The first-order chi connectivity index (χ1) is 13.1. The number of carbonyl (C=O) groups excluding carboxylic acids is 1. The van der Waals surface area contributed by atoms with Crippen LogP contribution in [0.25, 0.3) is 16.8 Å². The van der Waals surface area contributed by atoms with Crippen molar-refractivity contribution in [2.75, 3.05) is 20.8 Å². The number of hydrogen-bond donors (Lipinski definition) is 0. The molecule has 0 bridgehead atoms. The number of carbonyl (C=O) groups is 1. The Morgan fingerprint density at radius 2 is 1.67 bits per heavy atom. The molecule has 4 nitrogen and oxygen atoms in total. The average molecular weight is 362 g/mol. The fourth-order valence-electron chi connectivity index (χ4n) is 2.83. The van der Waals surface area contributed by atoms with Crippen LogP contribution in [0.2, 0.25) is 0 Å². The molecule has 0 fully saturated rings. The molecule has 138 valence electrons. The van der Waals surface area contributed by atoms with Gasteiger partial charge in [0, 0.05) is 5.56 Å². The summed E-state index contributed by atoms with van der Waals surface area (Å²) in [6, 6.07) is 17.0. The van der Waals surface area contributed by atoms with E-state index in [1.54, 1.807) is 26.4 Å². The van der Waals surface area contributed by atoms with Crippen molar-refractivity contribution in [2.24, 2.45) is 0 Å². The molecular formula is C23H22O4. The van der Waals surface area contributed by atoms with Crippen LogP contribution in [0.1, 0.15) is 22.8 Å². The third-order valence-corrected chi connectivity index (χ3v) is 4.25. The van der Waals surface area contributed by atoms with Crippen molar-refractivity contribution in [3.63, 3.8) is 0 Å². The van der Waals surface area contributed by atoms with Crippen molar-refractivity contribution in [3.8, 4) is 17.2 Å². The second-order valence-corrected chi connectivity index (χ2v) is 5.97. The molecule has 0 aliphatic heterocycles. The Morgan fingerprint density at radius 1 is 0.889 bits per heavy atom. The lowest BCUT2D eigenvalue weighted by Crippen LogP contribution is -1.96. The second kappa shape index (κ2) is 8.41. The first-order valence-electron chi connectivity index (χ1n) is 8.75. The quantitative estimate of drug-likeness (QED) is 0.431. The van der Waals surface area contributed by atoms with Crippen LogP contribution in [-0.2, 0) is 0 Å². The number of rotatable bonds is 7. The van der Waals surface area contributed by atoms with E-state index in [4.69, 9.17) is 14.2 Å². The minimum Gasteiger partial charge on any atom is -0.497 e. The Bertz CT molecular complexity index is 989. The maximum atomic E-state index is 12.5. The summed E-state index contributed by atoms with van der Waals surface area (Å²) in [4.78, 5) is 12.5. The summed E-state index contributed by atoms with van der Waals surface area (Å²) in [5, 5.41) is 2.03. The Kier molecular flexibility index (Phi) is 5.77. The van der Waals surface area contributed by atoms with E-state index in [2.05, 4.69) is 0 Å². The van der Waals surface area contributed by atoms with E-state index < -0.39 is 0 Å². The topological polar surface area (TPSA) is 44.8 Å². The van der Waals surface area contributed by atoms with E-state index in [0.29, 0.717) is 23.7 Å². The van der Waals surface area contributed by atoms with Crippen molar-refractivity contribution in [3.05, 3.63) is 71.8 Å². The molecule has 0 saturated carbocycles. The van der Waals surface area contributed by atoms with Crippen molar-refractivity contribution in [1.82, 2.24) is 0 Å². The first-order valence-corrected chi connectivity index (χ1v) is 8.75. The van der Waals surface area contributed by atoms with Gasteiger partial charge in [0.2, 0.25) is 0 Å². The van der Waals surface area contributed by atoms with Crippen molar-refractivity contribution < 1.29 is 19.0 Å². The Morgan fingerprint density at radius 3 is 2.41 bits per heavy atom. The van der Waals surface area contributed by atoms with Crippen LogP contribution in [0.4, 0.5) is 0 Å². The highest BCUT2D eigenvalue weighted by Gasteiger charge is 2.06. The molecule has 0 amide bonds. The van der Waals surface area contributed by atoms with Gasteiger partial charge in [-0.25, -0.2) is 0 Å². The molecule has 0 atom stereocenters. The SMILES string of the molecule is CCOc1ccc(/C=C/C(=O)c2ccc3cc(OC)ccc3c2)cc1OC. The molecular weight excluding hydrogens is 340 g/mol. The molecule has 0 aliphatic carbocycles. The minimum absolute atomic E-state index is 0.0550. The molecule has 0 N–H and O–H groups in total. The summed E-state index contributed by atoms with van der Waals surface area (Å²) in [6.07, 6.45) is 3.35. The summed E-state index contributed by atoms with van der Waals surface area (Å²) in [5.74, 6) is 2.08. The number of fused-ring (bicyclic) bond motifs is 1. The Balaban J connectivity index is 1.81. The zero-order chi connectivity index (χ0) is 19.2. The zero-order valence-corrected chi connectivity index (χ0v) is 15.7. The number of ether oxygens (including phenoxy) is 3. The van der Waals surface area contributed by atoms with E-state index >= 15 is 0 Å². The molecule has 0 unspecified atom stereocenters. The summed E-state index contributed by atoms with van der Waals surface area (Å²) in [7, 11) is 3.24. The number of allylic oxidation sites excluding steroid dienone is 1. The van der Waals surface area contributed by atoms with Crippen LogP contribution < -0.4 is 14.2 Å². The normalized spacial score (nSPS) is 10.9. The van der Waals surface area contributed by atoms with Crippen LogP contribution in [0.3, 0.4) is 0 Å². The molecule has 27 heavy (non-hydrogen) atoms.